The summed E-state index contributed by atoms with van der Waals surface area (Å²) in [6, 6.07) is 4.13. The monoisotopic (exact) mass is 223 g/mol. The summed E-state index contributed by atoms with van der Waals surface area (Å²) in [7, 11) is 0. The van der Waals surface area contributed by atoms with Crippen LogP contribution in [-0.4, -0.2) is 11.9 Å². The predicted octanol–water partition coefficient (Wildman–Crippen LogP) is 3.06. The van der Waals surface area contributed by atoms with Gasteiger partial charge in [0.2, 0.25) is 0 Å². The minimum Gasteiger partial charge on any atom is -0.348 e. The Bertz CT molecular complexity index is 343. The van der Waals surface area contributed by atoms with E-state index in [2.05, 4.69) is 19.2 Å². The lowest BCUT2D eigenvalue weighted by Gasteiger charge is -2.27. The van der Waals surface area contributed by atoms with Gasteiger partial charge in [-0.2, -0.15) is 0 Å². The van der Waals surface area contributed by atoms with E-state index in [1.165, 1.54) is 24.2 Å². The van der Waals surface area contributed by atoms with Crippen LogP contribution in [0.5, 0.6) is 0 Å². The van der Waals surface area contributed by atoms with E-state index < -0.39 is 0 Å². The second-order valence-electron chi connectivity index (χ2n) is 4.88. The summed E-state index contributed by atoms with van der Waals surface area (Å²) >= 11 is 1.50. The Morgan fingerprint density at radius 1 is 1.60 bits per heavy atom. The van der Waals surface area contributed by atoms with Crippen molar-refractivity contribution in [2.24, 2.45) is 5.41 Å². The topological polar surface area (TPSA) is 29.1 Å². The molecule has 0 aliphatic heterocycles. The third kappa shape index (κ3) is 2.23. The molecule has 0 radical (unpaired) electrons. The number of thiophene rings is 1. The highest BCUT2D eigenvalue weighted by Crippen LogP contribution is 2.37. The Labute approximate surface area is 94.7 Å². The molecule has 2 nitrogen and oxygen atoms in total. The van der Waals surface area contributed by atoms with Crippen LogP contribution in [0, 0.1) is 5.41 Å². The summed E-state index contributed by atoms with van der Waals surface area (Å²) in [5.41, 5.74) is 0.257. The van der Waals surface area contributed by atoms with Gasteiger partial charge >= 0.3 is 0 Å². The molecule has 15 heavy (non-hydrogen) atoms. The van der Waals surface area contributed by atoms with Crippen molar-refractivity contribution < 1.29 is 4.79 Å². The van der Waals surface area contributed by atoms with Crippen molar-refractivity contribution in [3.63, 3.8) is 0 Å². The van der Waals surface area contributed by atoms with Gasteiger partial charge in [0.15, 0.2) is 0 Å². The van der Waals surface area contributed by atoms with Gasteiger partial charge in [-0.15, -0.1) is 11.3 Å². The normalized spacial score (nSPS) is 24.0. The van der Waals surface area contributed by atoms with Crippen molar-refractivity contribution in [3.8, 4) is 0 Å². The molecule has 1 saturated carbocycles. The third-order valence-electron chi connectivity index (χ3n) is 3.31. The van der Waals surface area contributed by atoms with Gasteiger partial charge in [-0.3, -0.25) is 4.79 Å². The number of hydrogen-bond acceptors (Lipinski definition) is 2. The summed E-state index contributed by atoms with van der Waals surface area (Å²) in [4.78, 5) is 12.7. The number of hydrogen-bond donors (Lipinski definition) is 1. The Hall–Kier alpha value is -0.830. The van der Waals surface area contributed by atoms with Crippen LogP contribution in [0.1, 0.15) is 42.8 Å². The summed E-state index contributed by atoms with van der Waals surface area (Å²) in [5, 5.41) is 5.08. The summed E-state index contributed by atoms with van der Waals surface area (Å²) in [6.45, 7) is 4.47. The summed E-state index contributed by atoms with van der Waals surface area (Å²) < 4.78 is 0. The second-order valence-corrected chi connectivity index (χ2v) is 5.83. The first kappa shape index (κ1) is 10.7. The van der Waals surface area contributed by atoms with Crippen LogP contribution >= 0.6 is 11.3 Å². The van der Waals surface area contributed by atoms with Crippen molar-refractivity contribution in [1.29, 1.82) is 0 Å². The van der Waals surface area contributed by atoms with Crippen LogP contribution in [0.15, 0.2) is 17.5 Å². The molecule has 1 heterocycles. The molecule has 82 valence electrons. The number of amides is 1. The zero-order valence-corrected chi connectivity index (χ0v) is 10.1. The fourth-order valence-corrected chi connectivity index (χ4v) is 2.86. The minimum absolute atomic E-state index is 0.0879. The molecular weight excluding hydrogens is 206 g/mol. The van der Waals surface area contributed by atoms with E-state index in [4.69, 9.17) is 0 Å². The summed E-state index contributed by atoms with van der Waals surface area (Å²) in [5.74, 6) is 0.0879. The lowest BCUT2D eigenvalue weighted by Crippen LogP contribution is -2.41. The number of carbonyl (C=O) groups excluding carboxylic acids is 1. The first-order valence-electron chi connectivity index (χ1n) is 5.44. The second kappa shape index (κ2) is 3.97. The molecule has 1 amide bonds. The fraction of sp³-hybridized carbons (Fsp3) is 0.583. The largest absolute Gasteiger partial charge is 0.348 e. The minimum atomic E-state index is 0.0879. The maximum Gasteiger partial charge on any atom is 0.261 e. The predicted molar refractivity (Wildman–Crippen MR) is 63.2 cm³/mol. The van der Waals surface area contributed by atoms with E-state index in [9.17, 15) is 4.79 Å². The molecule has 1 aromatic rings. The molecule has 0 saturated heterocycles. The van der Waals surface area contributed by atoms with E-state index in [1.54, 1.807) is 0 Å². The fourth-order valence-electron chi connectivity index (χ4n) is 2.23. The standard InChI is InChI=1S/C12H17NOS/c1-12(2)7-3-6-10(12)13-11(14)9-5-4-8-15-9/h4-5,8,10H,3,6-7H2,1-2H3,(H,13,14). The number of rotatable bonds is 2. The highest BCUT2D eigenvalue weighted by molar-refractivity contribution is 7.12. The lowest BCUT2D eigenvalue weighted by molar-refractivity contribution is 0.0914. The van der Waals surface area contributed by atoms with Crippen LogP contribution in [0.3, 0.4) is 0 Å². The summed E-state index contributed by atoms with van der Waals surface area (Å²) in [6.07, 6.45) is 3.55. The Balaban J connectivity index is 2.01. The third-order valence-corrected chi connectivity index (χ3v) is 4.18. The average Bonchev–Trinajstić information content (AvgIpc) is 2.76. The molecule has 0 bridgehead atoms. The molecule has 1 aliphatic rings. The van der Waals surface area contributed by atoms with Gasteiger partial charge in [0.25, 0.3) is 5.91 Å². The smallest absolute Gasteiger partial charge is 0.261 e. The zero-order valence-electron chi connectivity index (χ0n) is 9.25. The molecule has 1 atom stereocenters. The van der Waals surface area contributed by atoms with E-state index in [1.807, 2.05) is 17.5 Å². The SMILES string of the molecule is CC1(C)CCCC1NC(=O)c1cccs1. The van der Waals surface area contributed by atoms with Crippen LogP contribution < -0.4 is 5.32 Å². The molecule has 1 fully saturated rings. The van der Waals surface area contributed by atoms with Crippen molar-refractivity contribution in [2.45, 2.75) is 39.2 Å². The molecule has 2 rings (SSSR count). The van der Waals surface area contributed by atoms with Crippen LogP contribution in [0.2, 0.25) is 0 Å². The maximum absolute atomic E-state index is 11.8. The Morgan fingerprint density at radius 3 is 2.93 bits per heavy atom. The van der Waals surface area contributed by atoms with E-state index >= 15 is 0 Å². The molecule has 1 unspecified atom stereocenters. The number of carbonyl (C=O) groups is 1. The van der Waals surface area contributed by atoms with Gasteiger partial charge in [0, 0.05) is 6.04 Å². The lowest BCUT2D eigenvalue weighted by atomic mass is 9.87. The quantitative estimate of drug-likeness (QED) is 0.820. The first-order chi connectivity index (χ1) is 7.09. The van der Waals surface area contributed by atoms with Crippen LogP contribution in [-0.2, 0) is 0 Å². The van der Waals surface area contributed by atoms with Gasteiger partial charge in [-0.1, -0.05) is 26.3 Å². The Kier molecular flexibility index (Phi) is 2.83. The molecule has 0 aromatic carbocycles. The maximum atomic E-state index is 11.8. The van der Waals surface area contributed by atoms with Gasteiger partial charge in [0.05, 0.1) is 4.88 Å². The molecule has 1 aromatic heterocycles. The van der Waals surface area contributed by atoms with Crippen LogP contribution in [0.25, 0.3) is 0 Å². The van der Waals surface area contributed by atoms with Crippen LogP contribution in [0.4, 0.5) is 0 Å². The van der Waals surface area contributed by atoms with Gasteiger partial charge < -0.3 is 5.32 Å². The zero-order chi connectivity index (χ0) is 10.9. The molecule has 1 N–H and O–H groups in total. The van der Waals surface area contributed by atoms with Crippen molar-refractivity contribution in [2.75, 3.05) is 0 Å². The van der Waals surface area contributed by atoms with E-state index in [0.29, 0.717) is 6.04 Å². The average molecular weight is 223 g/mol. The molecular formula is C12H17NOS. The van der Waals surface area contributed by atoms with Gasteiger partial charge in [-0.25, -0.2) is 0 Å². The molecule has 3 heteroatoms. The van der Waals surface area contributed by atoms with Crippen molar-refractivity contribution in [3.05, 3.63) is 22.4 Å². The highest BCUT2D eigenvalue weighted by Gasteiger charge is 2.35. The first-order valence-corrected chi connectivity index (χ1v) is 6.32. The number of nitrogens with one attached hydrogen (secondary N) is 1. The molecule has 1 aliphatic carbocycles. The highest BCUT2D eigenvalue weighted by atomic mass is 32.1. The van der Waals surface area contributed by atoms with Crippen molar-refractivity contribution in [1.82, 2.24) is 5.32 Å². The Morgan fingerprint density at radius 2 is 2.40 bits per heavy atom. The van der Waals surface area contributed by atoms with Crippen molar-refractivity contribution >= 4 is 17.2 Å². The molecule has 0 spiro atoms. The van der Waals surface area contributed by atoms with Gasteiger partial charge in [-0.05, 0) is 29.7 Å². The van der Waals surface area contributed by atoms with E-state index in [0.717, 1.165) is 11.3 Å². The van der Waals surface area contributed by atoms with E-state index in [-0.39, 0.29) is 11.3 Å². The van der Waals surface area contributed by atoms with Gasteiger partial charge in [0.1, 0.15) is 0 Å².